The third-order valence-electron chi connectivity index (χ3n) is 4.97. The van der Waals surface area contributed by atoms with Crippen LogP contribution in [-0.4, -0.2) is 23.9 Å². The number of amides is 1. The smallest absolute Gasteiger partial charge is 0.261 e. The minimum absolute atomic E-state index is 0.155. The lowest BCUT2D eigenvalue weighted by Gasteiger charge is -2.16. The van der Waals surface area contributed by atoms with Crippen molar-refractivity contribution in [2.45, 2.75) is 17.9 Å². The van der Waals surface area contributed by atoms with Crippen molar-refractivity contribution in [2.24, 2.45) is 0 Å². The van der Waals surface area contributed by atoms with Crippen LogP contribution in [0.25, 0.3) is 5.69 Å². The highest BCUT2D eigenvalue weighted by Gasteiger charge is 2.16. The molecule has 4 aromatic rings. The fourth-order valence-corrected chi connectivity index (χ4v) is 4.32. The summed E-state index contributed by atoms with van der Waals surface area (Å²) < 4.78 is 29.5. The van der Waals surface area contributed by atoms with Gasteiger partial charge < -0.3 is 9.88 Å². The molecule has 1 heterocycles. The Morgan fingerprint density at radius 1 is 0.969 bits per heavy atom. The number of benzene rings is 3. The van der Waals surface area contributed by atoms with Crippen LogP contribution < -0.4 is 10.0 Å². The predicted octanol–water partition coefficient (Wildman–Crippen LogP) is 4.16. The third-order valence-corrected chi connectivity index (χ3v) is 6.37. The van der Waals surface area contributed by atoms with Crippen LogP contribution in [0.2, 0.25) is 0 Å². The van der Waals surface area contributed by atoms with E-state index in [-0.39, 0.29) is 16.8 Å². The maximum Gasteiger partial charge on any atom is 0.261 e. The summed E-state index contributed by atoms with van der Waals surface area (Å²) in [6, 6.07) is 22.1. The van der Waals surface area contributed by atoms with E-state index < -0.39 is 10.0 Å². The number of hydrogen-bond donors (Lipinski definition) is 2. The van der Waals surface area contributed by atoms with Gasteiger partial charge in [0.15, 0.2) is 0 Å². The van der Waals surface area contributed by atoms with Gasteiger partial charge in [-0.25, -0.2) is 13.4 Å². The van der Waals surface area contributed by atoms with Crippen molar-refractivity contribution in [2.75, 3.05) is 4.72 Å². The first-order valence-corrected chi connectivity index (χ1v) is 11.5. The van der Waals surface area contributed by atoms with Crippen LogP contribution >= 0.6 is 0 Å². The van der Waals surface area contributed by atoms with E-state index in [1.807, 2.05) is 42.0 Å². The van der Waals surface area contributed by atoms with Crippen LogP contribution in [0.4, 0.5) is 5.69 Å². The summed E-state index contributed by atoms with van der Waals surface area (Å²) in [4.78, 5) is 17.0. The Morgan fingerprint density at radius 2 is 1.72 bits per heavy atom. The van der Waals surface area contributed by atoms with Crippen molar-refractivity contribution >= 4 is 21.6 Å². The summed E-state index contributed by atoms with van der Waals surface area (Å²) in [6.45, 7) is 1.89. The van der Waals surface area contributed by atoms with Gasteiger partial charge in [0, 0.05) is 29.3 Å². The zero-order chi connectivity index (χ0) is 22.6. The van der Waals surface area contributed by atoms with Crippen molar-refractivity contribution in [3.8, 4) is 5.69 Å². The molecule has 1 atom stereocenters. The van der Waals surface area contributed by atoms with E-state index in [0.29, 0.717) is 11.3 Å². The molecule has 1 aromatic heterocycles. The van der Waals surface area contributed by atoms with Gasteiger partial charge in [-0.1, -0.05) is 36.4 Å². The average Bonchev–Trinajstić information content (AvgIpc) is 3.35. The summed E-state index contributed by atoms with van der Waals surface area (Å²) in [6.07, 6.45) is 5.29. The minimum Gasteiger partial charge on any atom is -0.346 e. The van der Waals surface area contributed by atoms with Crippen LogP contribution in [0.3, 0.4) is 0 Å². The van der Waals surface area contributed by atoms with Crippen LogP contribution in [0, 0.1) is 0 Å². The summed E-state index contributed by atoms with van der Waals surface area (Å²) in [5.74, 6) is -0.294. The molecule has 0 spiro atoms. The van der Waals surface area contributed by atoms with Gasteiger partial charge in [0.1, 0.15) is 0 Å². The lowest BCUT2D eigenvalue weighted by molar-refractivity contribution is 0.0940. The second-order valence-corrected chi connectivity index (χ2v) is 8.94. The highest BCUT2D eigenvalue weighted by Crippen LogP contribution is 2.19. The highest BCUT2D eigenvalue weighted by atomic mass is 32.2. The van der Waals surface area contributed by atoms with Crippen molar-refractivity contribution in [1.82, 2.24) is 14.9 Å². The van der Waals surface area contributed by atoms with Crippen LogP contribution in [-0.2, 0) is 10.0 Å². The van der Waals surface area contributed by atoms with Crippen LogP contribution in [0.1, 0.15) is 28.9 Å². The molecule has 1 amide bonds. The monoisotopic (exact) mass is 446 g/mol. The second kappa shape index (κ2) is 9.07. The molecule has 0 fully saturated rings. The van der Waals surface area contributed by atoms with Crippen molar-refractivity contribution in [3.05, 3.63) is 109 Å². The van der Waals surface area contributed by atoms with E-state index in [9.17, 15) is 13.2 Å². The first-order valence-electron chi connectivity index (χ1n) is 9.99. The molecule has 0 bridgehead atoms. The molecule has 3 aromatic carbocycles. The molecule has 4 rings (SSSR count). The Morgan fingerprint density at radius 3 is 2.41 bits per heavy atom. The fourth-order valence-electron chi connectivity index (χ4n) is 3.25. The van der Waals surface area contributed by atoms with E-state index in [2.05, 4.69) is 15.0 Å². The highest BCUT2D eigenvalue weighted by molar-refractivity contribution is 7.92. The summed E-state index contributed by atoms with van der Waals surface area (Å²) in [5.41, 5.74) is 2.60. The summed E-state index contributed by atoms with van der Waals surface area (Å²) >= 11 is 0. The number of imidazole rings is 1. The molecule has 0 aliphatic rings. The van der Waals surface area contributed by atoms with Crippen molar-refractivity contribution < 1.29 is 13.2 Å². The molecule has 8 heteroatoms. The molecule has 162 valence electrons. The van der Waals surface area contributed by atoms with E-state index in [1.54, 1.807) is 48.9 Å². The van der Waals surface area contributed by atoms with Gasteiger partial charge in [0.25, 0.3) is 15.9 Å². The molecule has 0 radical (unpaired) electrons. The van der Waals surface area contributed by atoms with E-state index >= 15 is 0 Å². The lowest BCUT2D eigenvalue weighted by atomic mass is 10.1. The van der Waals surface area contributed by atoms with Gasteiger partial charge in [-0.3, -0.25) is 9.52 Å². The van der Waals surface area contributed by atoms with Gasteiger partial charge in [0.05, 0.1) is 17.3 Å². The number of carbonyl (C=O) groups excluding carboxylic acids is 1. The average molecular weight is 447 g/mol. The molecule has 7 nitrogen and oxygen atoms in total. The Bertz CT molecular complexity index is 1300. The van der Waals surface area contributed by atoms with Gasteiger partial charge in [-0.2, -0.15) is 0 Å². The minimum atomic E-state index is -3.73. The summed E-state index contributed by atoms with van der Waals surface area (Å²) in [5, 5.41) is 2.95. The van der Waals surface area contributed by atoms with Gasteiger partial charge in [-0.05, 0) is 55.0 Å². The van der Waals surface area contributed by atoms with Gasteiger partial charge >= 0.3 is 0 Å². The molecule has 0 saturated heterocycles. The van der Waals surface area contributed by atoms with E-state index in [4.69, 9.17) is 0 Å². The number of hydrogen-bond acceptors (Lipinski definition) is 4. The SMILES string of the molecule is C[C@H](NC(=O)c1cccc(NS(=O)(=O)c2ccccc2)c1)c1ccc(-n2ccnc2)cc1. The summed E-state index contributed by atoms with van der Waals surface area (Å²) in [7, 11) is -3.73. The number of rotatable bonds is 7. The number of sulfonamides is 1. The third kappa shape index (κ3) is 4.87. The van der Waals surface area contributed by atoms with Crippen LogP contribution in [0.5, 0.6) is 0 Å². The number of nitrogens with zero attached hydrogens (tertiary/aromatic N) is 2. The Hall–Kier alpha value is -3.91. The molecule has 0 unspecified atom stereocenters. The number of aromatic nitrogens is 2. The molecule has 0 aliphatic heterocycles. The molecule has 0 aliphatic carbocycles. The molecule has 0 saturated carbocycles. The van der Waals surface area contributed by atoms with Gasteiger partial charge in [0.2, 0.25) is 0 Å². The van der Waals surface area contributed by atoms with Crippen molar-refractivity contribution in [1.29, 1.82) is 0 Å². The molecular weight excluding hydrogens is 424 g/mol. The maximum atomic E-state index is 12.8. The van der Waals surface area contributed by atoms with Crippen molar-refractivity contribution in [3.63, 3.8) is 0 Å². The standard InChI is InChI=1S/C24H22N4O3S/c1-18(19-10-12-22(13-11-19)28-15-14-25-17-28)26-24(29)20-6-5-7-21(16-20)27-32(30,31)23-8-3-2-4-9-23/h2-18,27H,1H3,(H,26,29)/t18-/m0/s1. The molecule has 2 N–H and O–H groups in total. The Labute approximate surface area is 186 Å². The number of nitrogens with one attached hydrogen (secondary N) is 2. The Kier molecular flexibility index (Phi) is 6.04. The lowest BCUT2D eigenvalue weighted by Crippen LogP contribution is -2.26. The van der Waals surface area contributed by atoms with Gasteiger partial charge in [-0.15, -0.1) is 0 Å². The van der Waals surface area contributed by atoms with Crippen LogP contribution in [0.15, 0.2) is 102 Å². The van der Waals surface area contributed by atoms with E-state index in [1.165, 1.54) is 18.2 Å². The quantitative estimate of drug-likeness (QED) is 0.446. The number of carbonyl (C=O) groups is 1. The maximum absolute atomic E-state index is 12.8. The predicted molar refractivity (Wildman–Crippen MR) is 123 cm³/mol. The first kappa shape index (κ1) is 21.3. The Balaban J connectivity index is 1.44. The molecule has 32 heavy (non-hydrogen) atoms. The number of anilines is 1. The zero-order valence-electron chi connectivity index (χ0n) is 17.3. The first-order chi connectivity index (χ1) is 15.4. The van der Waals surface area contributed by atoms with E-state index in [0.717, 1.165) is 11.3 Å². The normalized spacial score (nSPS) is 12.2. The second-order valence-electron chi connectivity index (χ2n) is 7.26. The topological polar surface area (TPSA) is 93.1 Å². The fraction of sp³-hybridized carbons (Fsp3) is 0.0833. The zero-order valence-corrected chi connectivity index (χ0v) is 18.2. The molecular formula is C24H22N4O3S. The largest absolute Gasteiger partial charge is 0.346 e.